The summed E-state index contributed by atoms with van der Waals surface area (Å²) in [4.78, 5) is 12.0. The summed E-state index contributed by atoms with van der Waals surface area (Å²) in [6, 6.07) is 5.34. The van der Waals surface area contributed by atoms with Crippen LogP contribution in [-0.4, -0.2) is 18.0 Å². The van der Waals surface area contributed by atoms with Crippen molar-refractivity contribution in [2.75, 3.05) is 0 Å². The van der Waals surface area contributed by atoms with Crippen LogP contribution in [0.3, 0.4) is 0 Å². The average molecular weight is 287 g/mol. The summed E-state index contributed by atoms with van der Waals surface area (Å²) in [5, 5.41) is 3.94. The summed E-state index contributed by atoms with van der Waals surface area (Å²) in [5.41, 5.74) is 6.33. The van der Waals surface area contributed by atoms with Gasteiger partial charge in [-0.2, -0.15) is 0 Å². The van der Waals surface area contributed by atoms with E-state index in [-0.39, 0.29) is 18.0 Å². The first kappa shape index (κ1) is 13.7. The van der Waals surface area contributed by atoms with Gasteiger partial charge in [0, 0.05) is 27.7 Å². The lowest BCUT2D eigenvalue weighted by molar-refractivity contribution is 0.0926. The Balaban J connectivity index is 1.99. The Bertz CT molecular complexity index is 422. The number of hydrogen-bond acceptors (Lipinski definition) is 2. The molecule has 3 nitrogen and oxygen atoms in total. The number of amides is 1. The predicted molar refractivity (Wildman–Crippen MR) is 74.2 cm³/mol. The molecule has 1 saturated carbocycles. The monoisotopic (exact) mass is 286 g/mol. The van der Waals surface area contributed by atoms with Crippen LogP contribution >= 0.6 is 23.2 Å². The first-order chi connectivity index (χ1) is 8.54. The normalized spacial score (nSPS) is 23.7. The first-order valence-corrected chi connectivity index (χ1v) is 6.83. The molecule has 0 spiro atoms. The zero-order chi connectivity index (χ0) is 13.1. The van der Waals surface area contributed by atoms with Crippen LogP contribution in [0.2, 0.25) is 10.0 Å². The molecule has 1 fully saturated rings. The lowest BCUT2D eigenvalue weighted by Gasteiger charge is -2.26. The van der Waals surface area contributed by atoms with Crippen LogP contribution < -0.4 is 11.1 Å². The Morgan fingerprint density at radius 1 is 1.11 bits per heavy atom. The molecule has 1 aromatic carbocycles. The van der Waals surface area contributed by atoms with E-state index in [0.29, 0.717) is 15.6 Å². The summed E-state index contributed by atoms with van der Waals surface area (Å²) in [6.45, 7) is 0. The minimum atomic E-state index is -0.125. The fourth-order valence-corrected chi connectivity index (χ4v) is 2.74. The van der Waals surface area contributed by atoms with Crippen LogP contribution in [0.25, 0.3) is 0 Å². The molecule has 0 bridgehead atoms. The van der Waals surface area contributed by atoms with Crippen LogP contribution in [-0.2, 0) is 0 Å². The van der Waals surface area contributed by atoms with Gasteiger partial charge in [0.15, 0.2) is 0 Å². The van der Waals surface area contributed by atoms with Crippen LogP contribution in [0, 0.1) is 0 Å². The summed E-state index contributed by atoms with van der Waals surface area (Å²) in [6.07, 6.45) is 3.78. The van der Waals surface area contributed by atoms with E-state index in [0.717, 1.165) is 25.7 Å². The van der Waals surface area contributed by atoms with Crippen molar-refractivity contribution in [3.05, 3.63) is 33.8 Å². The molecular weight excluding hydrogens is 271 g/mol. The largest absolute Gasteiger partial charge is 0.349 e. The highest BCUT2D eigenvalue weighted by molar-refractivity contribution is 6.35. The predicted octanol–water partition coefficient (Wildman–Crippen LogP) is 2.99. The number of halogens is 2. The van der Waals surface area contributed by atoms with Crippen LogP contribution in [0.5, 0.6) is 0 Å². The minimum Gasteiger partial charge on any atom is -0.349 e. The van der Waals surface area contributed by atoms with Gasteiger partial charge >= 0.3 is 0 Å². The van der Waals surface area contributed by atoms with E-state index < -0.39 is 0 Å². The maximum atomic E-state index is 12.0. The molecule has 0 aromatic heterocycles. The molecule has 0 atom stereocenters. The lowest BCUT2D eigenvalue weighted by atomic mass is 9.91. The lowest BCUT2D eigenvalue weighted by Crippen LogP contribution is -2.40. The number of hydrogen-bond donors (Lipinski definition) is 2. The number of nitrogens with one attached hydrogen (secondary N) is 1. The molecule has 3 N–H and O–H groups in total. The molecule has 0 unspecified atom stereocenters. The van der Waals surface area contributed by atoms with Gasteiger partial charge in [-0.1, -0.05) is 23.2 Å². The van der Waals surface area contributed by atoms with Gasteiger partial charge in [0.05, 0.1) is 0 Å². The summed E-state index contributed by atoms with van der Waals surface area (Å²) in [7, 11) is 0. The van der Waals surface area contributed by atoms with E-state index in [1.165, 1.54) is 0 Å². The van der Waals surface area contributed by atoms with E-state index in [2.05, 4.69) is 5.32 Å². The smallest absolute Gasteiger partial charge is 0.251 e. The first-order valence-electron chi connectivity index (χ1n) is 6.07. The second kappa shape index (κ2) is 5.91. The number of carbonyl (C=O) groups is 1. The van der Waals surface area contributed by atoms with Gasteiger partial charge in [-0.05, 0) is 43.9 Å². The minimum absolute atomic E-state index is 0.125. The Morgan fingerprint density at radius 3 is 2.22 bits per heavy atom. The molecule has 1 amide bonds. The molecule has 0 radical (unpaired) electrons. The molecule has 0 saturated heterocycles. The van der Waals surface area contributed by atoms with Gasteiger partial charge in [0.2, 0.25) is 0 Å². The van der Waals surface area contributed by atoms with Gasteiger partial charge in [0.1, 0.15) is 0 Å². The highest BCUT2D eigenvalue weighted by Crippen LogP contribution is 2.21. The summed E-state index contributed by atoms with van der Waals surface area (Å²) >= 11 is 11.8. The van der Waals surface area contributed by atoms with Crippen molar-refractivity contribution in [1.29, 1.82) is 0 Å². The third kappa shape index (κ3) is 3.61. The molecule has 98 valence electrons. The van der Waals surface area contributed by atoms with Crippen molar-refractivity contribution in [2.45, 2.75) is 37.8 Å². The molecule has 18 heavy (non-hydrogen) atoms. The third-order valence-corrected chi connectivity index (χ3v) is 3.67. The highest BCUT2D eigenvalue weighted by atomic mass is 35.5. The fourth-order valence-electron chi connectivity index (χ4n) is 2.22. The number of benzene rings is 1. The summed E-state index contributed by atoms with van der Waals surface area (Å²) in [5.74, 6) is -0.125. The molecule has 0 aliphatic heterocycles. The SMILES string of the molecule is NC1CCC(NC(=O)c2cc(Cl)cc(Cl)c2)CC1. The quantitative estimate of drug-likeness (QED) is 0.878. The Morgan fingerprint density at radius 2 is 1.67 bits per heavy atom. The van der Waals surface area contributed by atoms with Crippen molar-refractivity contribution >= 4 is 29.1 Å². The Hall–Kier alpha value is -0.770. The van der Waals surface area contributed by atoms with Crippen LogP contribution in [0.15, 0.2) is 18.2 Å². The Labute approximate surface area is 117 Å². The van der Waals surface area contributed by atoms with E-state index in [1.807, 2.05) is 0 Å². The van der Waals surface area contributed by atoms with E-state index in [1.54, 1.807) is 18.2 Å². The molecule has 2 rings (SSSR count). The molecule has 1 aromatic rings. The second-order valence-corrected chi connectivity index (χ2v) is 5.62. The standard InChI is InChI=1S/C13H16Cl2N2O/c14-9-5-8(6-10(15)7-9)13(18)17-12-3-1-11(16)2-4-12/h5-7,11-12H,1-4,16H2,(H,17,18). The molecule has 5 heteroatoms. The topological polar surface area (TPSA) is 55.1 Å². The van der Waals surface area contributed by atoms with Gasteiger partial charge in [-0.25, -0.2) is 0 Å². The molecule has 1 aliphatic rings. The van der Waals surface area contributed by atoms with Crippen molar-refractivity contribution in [3.8, 4) is 0 Å². The summed E-state index contributed by atoms with van der Waals surface area (Å²) < 4.78 is 0. The van der Waals surface area contributed by atoms with E-state index in [4.69, 9.17) is 28.9 Å². The van der Waals surface area contributed by atoms with Crippen LogP contribution in [0.4, 0.5) is 0 Å². The average Bonchev–Trinajstić information content (AvgIpc) is 2.31. The van der Waals surface area contributed by atoms with Crippen LogP contribution in [0.1, 0.15) is 36.0 Å². The molecule has 0 heterocycles. The molecular formula is C13H16Cl2N2O. The number of carbonyl (C=O) groups excluding carboxylic acids is 1. The zero-order valence-corrected chi connectivity index (χ0v) is 11.5. The molecule has 1 aliphatic carbocycles. The van der Waals surface area contributed by atoms with Gasteiger partial charge in [-0.15, -0.1) is 0 Å². The van der Waals surface area contributed by atoms with E-state index >= 15 is 0 Å². The van der Waals surface area contributed by atoms with Gasteiger partial charge < -0.3 is 11.1 Å². The maximum Gasteiger partial charge on any atom is 0.251 e. The number of rotatable bonds is 2. The van der Waals surface area contributed by atoms with Crippen molar-refractivity contribution in [1.82, 2.24) is 5.32 Å². The fraction of sp³-hybridized carbons (Fsp3) is 0.462. The van der Waals surface area contributed by atoms with Crippen molar-refractivity contribution in [2.24, 2.45) is 5.73 Å². The number of nitrogens with two attached hydrogens (primary N) is 1. The zero-order valence-electron chi connectivity index (χ0n) is 9.96. The highest BCUT2D eigenvalue weighted by Gasteiger charge is 2.20. The van der Waals surface area contributed by atoms with Gasteiger partial charge in [0.25, 0.3) is 5.91 Å². The third-order valence-electron chi connectivity index (χ3n) is 3.23. The van der Waals surface area contributed by atoms with Crippen molar-refractivity contribution < 1.29 is 4.79 Å². The van der Waals surface area contributed by atoms with E-state index in [9.17, 15) is 4.79 Å². The second-order valence-electron chi connectivity index (χ2n) is 4.74. The Kier molecular flexibility index (Phi) is 4.49. The van der Waals surface area contributed by atoms with Gasteiger partial charge in [-0.3, -0.25) is 4.79 Å². The maximum absolute atomic E-state index is 12.0. The van der Waals surface area contributed by atoms with Crippen molar-refractivity contribution in [3.63, 3.8) is 0 Å².